The molecular formula is C19H22N2O3. The first-order valence-corrected chi connectivity index (χ1v) is 7.78. The minimum Gasteiger partial charge on any atom is -0.495 e. The molecule has 0 aliphatic heterocycles. The Balaban J connectivity index is 2.29. The molecule has 0 unspecified atom stereocenters. The van der Waals surface area contributed by atoms with E-state index in [0.717, 1.165) is 11.3 Å². The van der Waals surface area contributed by atoms with E-state index in [1.807, 2.05) is 24.3 Å². The summed E-state index contributed by atoms with van der Waals surface area (Å²) >= 11 is 0. The number of ether oxygens (including phenoxy) is 1. The Bertz CT molecular complexity index is 754. The number of hydrogen-bond donors (Lipinski definition) is 2. The SMILES string of the molecule is COc1ccc(C(=O)Nc2ccccc2C(C)C)cc1NC(C)=O. The zero-order valence-electron chi connectivity index (χ0n) is 14.3. The van der Waals surface area contributed by atoms with Gasteiger partial charge in [0.2, 0.25) is 5.91 Å². The summed E-state index contributed by atoms with van der Waals surface area (Å²) in [6.45, 7) is 5.56. The molecule has 2 aromatic rings. The molecule has 0 saturated heterocycles. The molecule has 0 heterocycles. The van der Waals surface area contributed by atoms with Crippen molar-refractivity contribution < 1.29 is 14.3 Å². The molecule has 0 saturated carbocycles. The quantitative estimate of drug-likeness (QED) is 0.871. The van der Waals surface area contributed by atoms with Gasteiger partial charge in [-0.3, -0.25) is 9.59 Å². The normalized spacial score (nSPS) is 10.4. The fourth-order valence-electron chi connectivity index (χ4n) is 2.45. The van der Waals surface area contributed by atoms with Crippen LogP contribution in [0.2, 0.25) is 0 Å². The molecule has 0 radical (unpaired) electrons. The smallest absolute Gasteiger partial charge is 0.255 e. The lowest BCUT2D eigenvalue weighted by Crippen LogP contribution is -2.15. The highest BCUT2D eigenvalue weighted by Crippen LogP contribution is 2.27. The molecule has 2 amide bonds. The molecule has 0 atom stereocenters. The van der Waals surface area contributed by atoms with E-state index in [0.29, 0.717) is 22.9 Å². The summed E-state index contributed by atoms with van der Waals surface area (Å²) in [7, 11) is 1.51. The molecule has 0 aliphatic carbocycles. The third kappa shape index (κ3) is 4.13. The fourth-order valence-corrected chi connectivity index (χ4v) is 2.45. The number of anilines is 2. The summed E-state index contributed by atoms with van der Waals surface area (Å²) < 4.78 is 5.20. The van der Waals surface area contributed by atoms with Gasteiger partial charge in [-0.1, -0.05) is 32.0 Å². The Morgan fingerprint density at radius 1 is 1.00 bits per heavy atom. The largest absolute Gasteiger partial charge is 0.495 e. The van der Waals surface area contributed by atoms with E-state index in [1.54, 1.807) is 18.2 Å². The molecule has 0 spiro atoms. The average molecular weight is 326 g/mol. The lowest BCUT2D eigenvalue weighted by Gasteiger charge is -2.15. The van der Waals surface area contributed by atoms with Gasteiger partial charge in [-0.25, -0.2) is 0 Å². The summed E-state index contributed by atoms with van der Waals surface area (Å²) in [6, 6.07) is 12.6. The number of carbonyl (C=O) groups excluding carboxylic acids is 2. The van der Waals surface area contributed by atoms with Crippen LogP contribution in [0.4, 0.5) is 11.4 Å². The van der Waals surface area contributed by atoms with Gasteiger partial charge in [-0.15, -0.1) is 0 Å². The van der Waals surface area contributed by atoms with Crippen molar-refractivity contribution in [2.45, 2.75) is 26.7 Å². The molecule has 0 fully saturated rings. The Labute approximate surface area is 142 Å². The second-order valence-corrected chi connectivity index (χ2v) is 5.79. The van der Waals surface area contributed by atoms with E-state index in [9.17, 15) is 9.59 Å². The lowest BCUT2D eigenvalue weighted by atomic mass is 10.0. The molecule has 2 aromatic carbocycles. The van der Waals surface area contributed by atoms with Crippen LogP contribution >= 0.6 is 0 Å². The van der Waals surface area contributed by atoms with Crippen molar-refractivity contribution >= 4 is 23.2 Å². The highest BCUT2D eigenvalue weighted by atomic mass is 16.5. The van der Waals surface area contributed by atoms with Crippen molar-refractivity contribution in [1.29, 1.82) is 0 Å². The monoisotopic (exact) mass is 326 g/mol. The highest BCUT2D eigenvalue weighted by Gasteiger charge is 2.13. The number of amides is 2. The third-order valence-electron chi connectivity index (χ3n) is 3.60. The molecular weight excluding hydrogens is 304 g/mol. The summed E-state index contributed by atoms with van der Waals surface area (Å²) in [4.78, 5) is 23.9. The predicted molar refractivity (Wildman–Crippen MR) is 95.8 cm³/mol. The van der Waals surface area contributed by atoms with E-state index in [2.05, 4.69) is 24.5 Å². The van der Waals surface area contributed by atoms with Gasteiger partial charge in [0.25, 0.3) is 5.91 Å². The molecule has 0 bridgehead atoms. The van der Waals surface area contributed by atoms with Crippen LogP contribution in [0.1, 0.15) is 42.6 Å². The van der Waals surface area contributed by atoms with Crippen molar-refractivity contribution in [3.05, 3.63) is 53.6 Å². The van der Waals surface area contributed by atoms with Crippen LogP contribution in [0.5, 0.6) is 5.75 Å². The highest BCUT2D eigenvalue weighted by molar-refractivity contribution is 6.06. The zero-order valence-corrected chi connectivity index (χ0v) is 14.3. The van der Waals surface area contributed by atoms with Gasteiger partial charge >= 0.3 is 0 Å². The van der Waals surface area contributed by atoms with Crippen molar-refractivity contribution in [3.63, 3.8) is 0 Å². The molecule has 5 nitrogen and oxygen atoms in total. The van der Waals surface area contributed by atoms with Gasteiger partial charge in [0, 0.05) is 18.2 Å². The number of para-hydroxylation sites is 1. The number of benzene rings is 2. The van der Waals surface area contributed by atoms with Gasteiger partial charge in [0.1, 0.15) is 5.75 Å². The first kappa shape index (κ1) is 17.5. The number of hydrogen-bond acceptors (Lipinski definition) is 3. The Morgan fingerprint density at radius 3 is 2.33 bits per heavy atom. The molecule has 5 heteroatoms. The first-order valence-electron chi connectivity index (χ1n) is 7.78. The molecule has 0 aliphatic rings. The molecule has 126 valence electrons. The molecule has 24 heavy (non-hydrogen) atoms. The maximum absolute atomic E-state index is 12.6. The summed E-state index contributed by atoms with van der Waals surface area (Å²) in [5, 5.41) is 5.60. The van der Waals surface area contributed by atoms with Crippen LogP contribution in [0, 0.1) is 0 Å². The van der Waals surface area contributed by atoms with Crippen LogP contribution in [0.25, 0.3) is 0 Å². The van der Waals surface area contributed by atoms with Crippen molar-refractivity contribution in [1.82, 2.24) is 0 Å². The van der Waals surface area contributed by atoms with E-state index in [-0.39, 0.29) is 11.8 Å². The number of rotatable bonds is 5. The van der Waals surface area contributed by atoms with Gasteiger partial charge in [-0.2, -0.15) is 0 Å². The zero-order chi connectivity index (χ0) is 17.7. The van der Waals surface area contributed by atoms with E-state index < -0.39 is 0 Å². The second-order valence-electron chi connectivity index (χ2n) is 5.79. The van der Waals surface area contributed by atoms with Gasteiger partial charge < -0.3 is 15.4 Å². The number of nitrogens with one attached hydrogen (secondary N) is 2. The average Bonchev–Trinajstić information content (AvgIpc) is 2.54. The number of carbonyl (C=O) groups is 2. The van der Waals surface area contributed by atoms with Gasteiger partial charge in [-0.05, 0) is 35.7 Å². The fraction of sp³-hybridized carbons (Fsp3) is 0.263. The van der Waals surface area contributed by atoms with E-state index >= 15 is 0 Å². The maximum Gasteiger partial charge on any atom is 0.255 e. The molecule has 2 N–H and O–H groups in total. The minimum absolute atomic E-state index is 0.226. The van der Waals surface area contributed by atoms with Gasteiger partial charge in [0.15, 0.2) is 0 Å². The topological polar surface area (TPSA) is 67.4 Å². The number of methoxy groups -OCH3 is 1. The summed E-state index contributed by atoms with van der Waals surface area (Å²) in [5.41, 5.74) is 2.77. The standard InChI is InChI=1S/C19H22N2O3/c1-12(2)15-7-5-6-8-16(15)21-19(23)14-9-10-18(24-4)17(11-14)20-13(3)22/h5-12H,1-4H3,(H,20,22)(H,21,23). The second kappa shape index (κ2) is 7.64. The van der Waals surface area contributed by atoms with Crippen LogP contribution in [-0.4, -0.2) is 18.9 Å². The van der Waals surface area contributed by atoms with Crippen LogP contribution in [-0.2, 0) is 4.79 Å². The Kier molecular flexibility index (Phi) is 5.58. The van der Waals surface area contributed by atoms with Crippen molar-refractivity contribution in [3.8, 4) is 5.75 Å². The third-order valence-corrected chi connectivity index (χ3v) is 3.60. The van der Waals surface area contributed by atoms with E-state index in [4.69, 9.17) is 4.74 Å². The van der Waals surface area contributed by atoms with Crippen LogP contribution in [0.3, 0.4) is 0 Å². The summed E-state index contributed by atoms with van der Waals surface area (Å²) in [6.07, 6.45) is 0. The predicted octanol–water partition coefficient (Wildman–Crippen LogP) is 4.03. The van der Waals surface area contributed by atoms with Crippen molar-refractivity contribution in [2.24, 2.45) is 0 Å². The Morgan fingerprint density at radius 2 is 1.71 bits per heavy atom. The Hall–Kier alpha value is -2.82. The van der Waals surface area contributed by atoms with Gasteiger partial charge in [0.05, 0.1) is 12.8 Å². The van der Waals surface area contributed by atoms with Crippen LogP contribution in [0.15, 0.2) is 42.5 Å². The van der Waals surface area contributed by atoms with Crippen molar-refractivity contribution in [2.75, 3.05) is 17.7 Å². The van der Waals surface area contributed by atoms with Crippen LogP contribution < -0.4 is 15.4 Å². The maximum atomic E-state index is 12.6. The first-order chi connectivity index (χ1) is 11.4. The van der Waals surface area contributed by atoms with E-state index in [1.165, 1.54) is 14.0 Å². The minimum atomic E-state index is -0.239. The lowest BCUT2D eigenvalue weighted by molar-refractivity contribution is -0.114. The molecule has 0 aromatic heterocycles. The summed E-state index contributed by atoms with van der Waals surface area (Å²) in [5.74, 6) is 0.338. The molecule has 2 rings (SSSR count).